The number of aromatic nitrogens is 1. The van der Waals surface area contributed by atoms with Crippen molar-refractivity contribution in [3.63, 3.8) is 0 Å². The van der Waals surface area contributed by atoms with Gasteiger partial charge >= 0.3 is 0 Å². The van der Waals surface area contributed by atoms with Crippen LogP contribution in [0.25, 0.3) is 11.3 Å². The van der Waals surface area contributed by atoms with Crippen LogP contribution in [0.3, 0.4) is 0 Å². The molecule has 2 nitrogen and oxygen atoms in total. The van der Waals surface area contributed by atoms with E-state index in [9.17, 15) is 0 Å². The molecule has 0 saturated heterocycles. The first-order valence-corrected chi connectivity index (χ1v) is 11.2. The maximum atomic E-state index is 8.91. The monoisotopic (exact) mass is 374 g/mol. The number of benzene rings is 1. The van der Waals surface area contributed by atoms with Crippen LogP contribution < -0.4 is 0 Å². The standard InChI is InChI=1S/C26H34N2/c1-2-3-4-5-6-21-7-9-22(10-8-21)11-12-24-15-18-26(28-20-24)25-16-13-23(19-27)14-17-25/h13-18,20-22H,2-12H2,1H3/t21-,22-. The second-order valence-electron chi connectivity index (χ2n) is 8.52. The van der Waals surface area contributed by atoms with E-state index < -0.39 is 0 Å². The number of hydrogen-bond donors (Lipinski definition) is 0. The lowest BCUT2D eigenvalue weighted by atomic mass is 9.78. The maximum absolute atomic E-state index is 8.91. The smallest absolute Gasteiger partial charge is 0.0991 e. The lowest BCUT2D eigenvalue weighted by molar-refractivity contribution is 0.249. The Bertz CT molecular complexity index is 731. The number of unbranched alkanes of at least 4 members (excludes halogenated alkanes) is 3. The van der Waals surface area contributed by atoms with Crippen molar-refractivity contribution >= 4 is 0 Å². The fourth-order valence-corrected chi connectivity index (χ4v) is 4.50. The lowest BCUT2D eigenvalue weighted by Gasteiger charge is -2.28. The van der Waals surface area contributed by atoms with Crippen molar-refractivity contribution in [3.05, 3.63) is 53.7 Å². The Morgan fingerprint density at radius 1 is 0.893 bits per heavy atom. The SMILES string of the molecule is CCCCCC[C@H]1CC[C@H](CCc2ccc(-c3ccc(C#N)cc3)nc2)CC1. The van der Waals surface area contributed by atoms with Crippen LogP contribution >= 0.6 is 0 Å². The Labute approximate surface area is 171 Å². The molecule has 3 rings (SSSR count). The molecule has 148 valence electrons. The summed E-state index contributed by atoms with van der Waals surface area (Å²) >= 11 is 0. The Balaban J connectivity index is 1.40. The highest BCUT2D eigenvalue weighted by atomic mass is 14.7. The number of rotatable bonds is 9. The second-order valence-corrected chi connectivity index (χ2v) is 8.52. The Morgan fingerprint density at radius 3 is 2.21 bits per heavy atom. The second kappa shape index (κ2) is 11.0. The van der Waals surface area contributed by atoms with Gasteiger partial charge < -0.3 is 0 Å². The molecular formula is C26H34N2. The molecule has 0 aliphatic heterocycles. The molecule has 2 aromatic rings. The number of nitrogens with zero attached hydrogens (tertiary/aromatic N) is 2. The summed E-state index contributed by atoms with van der Waals surface area (Å²) in [6, 6.07) is 14.1. The minimum absolute atomic E-state index is 0.691. The summed E-state index contributed by atoms with van der Waals surface area (Å²) in [5.41, 5.74) is 4.09. The van der Waals surface area contributed by atoms with E-state index in [1.165, 1.54) is 69.8 Å². The number of aryl methyl sites for hydroxylation is 1. The summed E-state index contributed by atoms with van der Waals surface area (Å²) in [6.45, 7) is 2.29. The van der Waals surface area contributed by atoms with Crippen LogP contribution in [-0.4, -0.2) is 4.98 Å². The highest BCUT2D eigenvalue weighted by molar-refractivity contribution is 5.60. The fraction of sp³-hybridized carbons (Fsp3) is 0.538. The Morgan fingerprint density at radius 2 is 1.61 bits per heavy atom. The minimum Gasteiger partial charge on any atom is -0.256 e. The van der Waals surface area contributed by atoms with E-state index in [-0.39, 0.29) is 0 Å². The van der Waals surface area contributed by atoms with Gasteiger partial charge in [-0.2, -0.15) is 5.26 Å². The number of hydrogen-bond acceptors (Lipinski definition) is 2. The molecule has 0 N–H and O–H groups in total. The number of nitriles is 1. The van der Waals surface area contributed by atoms with Crippen LogP contribution in [0, 0.1) is 23.2 Å². The van der Waals surface area contributed by atoms with Gasteiger partial charge in [-0.1, -0.05) is 82.9 Å². The molecule has 0 unspecified atom stereocenters. The van der Waals surface area contributed by atoms with Gasteiger partial charge in [0.15, 0.2) is 0 Å². The van der Waals surface area contributed by atoms with E-state index in [0.29, 0.717) is 5.56 Å². The van der Waals surface area contributed by atoms with E-state index in [1.54, 1.807) is 0 Å². The highest BCUT2D eigenvalue weighted by Gasteiger charge is 2.20. The van der Waals surface area contributed by atoms with Gasteiger partial charge in [-0.05, 0) is 48.4 Å². The van der Waals surface area contributed by atoms with Crippen LogP contribution in [0.5, 0.6) is 0 Å². The molecular weight excluding hydrogens is 340 g/mol. The van der Waals surface area contributed by atoms with Gasteiger partial charge in [0.2, 0.25) is 0 Å². The van der Waals surface area contributed by atoms with Crippen LogP contribution in [0.15, 0.2) is 42.6 Å². The minimum atomic E-state index is 0.691. The van der Waals surface area contributed by atoms with Crippen molar-refractivity contribution in [1.29, 1.82) is 5.26 Å². The number of pyridine rings is 1. The topological polar surface area (TPSA) is 36.7 Å². The maximum Gasteiger partial charge on any atom is 0.0991 e. The summed E-state index contributed by atoms with van der Waals surface area (Å²) in [4.78, 5) is 4.65. The molecule has 0 radical (unpaired) electrons. The van der Waals surface area contributed by atoms with Crippen molar-refractivity contribution in [1.82, 2.24) is 4.98 Å². The zero-order valence-electron chi connectivity index (χ0n) is 17.4. The third-order valence-corrected chi connectivity index (χ3v) is 6.41. The quantitative estimate of drug-likeness (QED) is 0.431. The average molecular weight is 375 g/mol. The third kappa shape index (κ3) is 6.20. The van der Waals surface area contributed by atoms with E-state index in [0.717, 1.165) is 29.5 Å². The molecule has 1 saturated carbocycles. The van der Waals surface area contributed by atoms with E-state index >= 15 is 0 Å². The normalized spacial score (nSPS) is 19.3. The molecule has 1 aliphatic carbocycles. The molecule has 2 heteroatoms. The largest absolute Gasteiger partial charge is 0.256 e. The molecule has 1 aromatic heterocycles. The van der Waals surface area contributed by atoms with Gasteiger partial charge in [-0.3, -0.25) is 4.98 Å². The molecule has 1 heterocycles. The molecule has 1 fully saturated rings. The molecule has 0 spiro atoms. The van der Waals surface area contributed by atoms with E-state index in [2.05, 4.69) is 30.1 Å². The van der Waals surface area contributed by atoms with Gasteiger partial charge in [0, 0.05) is 11.8 Å². The lowest BCUT2D eigenvalue weighted by Crippen LogP contribution is -2.15. The zero-order chi connectivity index (χ0) is 19.6. The molecule has 0 amide bonds. The van der Waals surface area contributed by atoms with Crippen molar-refractivity contribution in [2.75, 3.05) is 0 Å². The first kappa shape index (κ1) is 20.6. The van der Waals surface area contributed by atoms with Crippen molar-refractivity contribution in [2.24, 2.45) is 11.8 Å². The zero-order valence-corrected chi connectivity index (χ0v) is 17.4. The van der Waals surface area contributed by atoms with Crippen molar-refractivity contribution in [2.45, 2.75) is 77.6 Å². The van der Waals surface area contributed by atoms with Crippen LogP contribution in [-0.2, 0) is 6.42 Å². The van der Waals surface area contributed by atoms with Crippen molar-refractivity contribution < 1.29 is 0 Å². The van der Waals surface area contributed by atoms with E-state index in [4.69, 9.17) is 5.26 Å². The van der Waals surface area contributed by atoms with Gasteiger partial charge in [0.25, 0.3) is 0 Å². The van der Waals surface area contributed by atoms with Crippen molar-refractivity contribution in [3.8, 4) is 17.3 Å². The van der Waals surface area contributed by atoms with Gasteiger partial charge in [-0.15, -0.1) is 0 Å². The van der Waals surface area contributed by atoms with Crippen LogP contribution in [0.4, 0.5) is 0 Å². The summed E-state index contributed by atoms with van der Waals surface area (Å²) in [7, 11) is 0. The Hall–Kier alpha value is -2.14. The van der Waals surface area contributed by atoms with Gasteiger partial charge in [0.1, 0.15) is 0 Å². The first-order valence-electron chi connectivity index (χ1n) is 11.2. The molecule has 0 atom stereocenters. The van der Waals surface area contributed by atoms with Gasteiger partial charge in [0.05, 0.1) is 17.3 Å². The summed E-state index contributed by atoms with van der Waals surface area (Å²) in [5.74, 6) is 1.91. The average Bonchev–Trinajstić information content (AvgIpc) is 2.76. The van der Waals surface area contributed by atoms with Crippen LogP contribution in [0.2, 0.25) is 0 Å². The predicted molar refractivity (Wildman–Crippen MR) is 117 cm³/mol. The summed E-state index contributed by atoms with van der Waals surface area (Å²) in [5, 5.41) is 8.91. The fourth-order valence-electron chi connectivity index (χ4n) is 4.50. The van der Waals surface area contributed by atoms with E-state index in [1.807, 2.05) is 30.5 Å². The molecule has 28 heavy (non-hydrogen) atoms. The van der Waals surface area contributed by atoms with Gasteiger partial charge in [-0.25, -0.2) is 0 Å². The molecule has 1 aliphatic rings. The Kier molecular flexibility index (Phi) is 8.09. The summed E-state index contributed by atoms with van der Waals surface area (Å²) < 4.78 is 0. The third-order valence-electron chi connectivity index (χ3n) is 6.41. The highest BCUT2D eigenvalue weighted by Crippen LogP contribution is 2.34. The van der Waals surface area contributed by atoms with Crippen LogP contribution in [0.1, 0.15) is 82.3 Å². The molecule has 0 bridgehead atoms. The first-order chi connectivity index (χ1) is 13.8. The predicted octanol–water partition coefficient (Wildman–Crippen LogP) is 7.33. The molecule has 1 aromatic carbocycles. The summed E-state index contributed by atoms with van der Waals surface area (Å²) in [6.07, 6.45) is 17.3.